The van der Waals surface area contributed by atoms with Gasteiger partial charge in [-0.05, 0) is 42.8 Å². The van der Waals surface area contributed by atoms with Crippen LogP contribution in [0.25, 0.3) is 16.1 Å². The van der Waals surface area contributed by atoms with E-state index < -0.39 is 0 Å². The summed E-state index contributed by atoms with van der Waals surface area (Å²) in [4.78, 5) is 3.43. The highest BCUT2D eigenvalue weighted by atomic mass is 19.1. The van der Waals surface area contributed by atoms with Crippen LogP contribution in [0.15, 0.2) is 54.6 Å². The van der Waals surface area contributed by atoms with Gasteiger partial charge in [0.05, 0.1) is 12.3 Å². The molecule has 114 valence electrons. The van der Waals surface area contributed by atoms with E-state index in [0.29, 0.717) is 23.9 Å². The van der Waals surface area contributed by atoms with Crippen LogP contribution in [0.3, 0.4) is 0 Å². The quantitative estimate of drug-likeness (QED) is 0.631. The van der Waals surface area contributed by atoms with Crippen LogP contribution in [0.1, 0.15) is 6.92 Å². The van der Waals surface area contributed by atoms with E-state index in [1.54, 1.807) is 28.9 Å². The molecule has 0 bridgehead atoms. The van der Waals surface area contributed by atoms with E-state index in [4.69, 9.17) is 11.3 Å². The molecule has 0 unspecified atom stereocenters. The Morgan fingerprint density at radius 1 is 1.17 bits per heavy atom. The molecule has 23 heavy (non-hydrogen) atoms. The molecule has 0 atom stereocenters. The number of ether oxygens (including phenoxy) is 1. The van der Waals surface area contributed by atoms with Crippen LogP contribution in [0.5, 0.6) is 11.6 Å². The second-order valence-corrected chi connectivity index (χ2v) is 4.90. The molecule has 0 amide bonds. The first-order valence-corrected chi connectivity index (χ1v) is 7.19. The van der Waals surface area contributed by atoms with Crippen molar-refractivity contribution in [2.45, 2.75) is 13.5 Å². The van der Waals surface area contributed by atoms with Gasteiger partial charge in [-0.15, -0.1) is 0 Å². The standard InChI is InChI=1S/C18H14FN3O/c1-3-22-18(23-16-9-7-14(19)8-10-16)12-17(21-22)13-5-4-6-15(11-13)20-2/h4-12H,3H2,1H3. The molecule has 0 N–H and O–H groups in total. The number of aromatic nitrogens is 2. The van der Waals surface area contributed by atoms with E-state index >= 15 is 0 Å². The molecule has 0 aliphatic carbocycles. The van der Waals surface area contributed by atoms with Crippen molar-refractivity contribution in [2.75, 3.05) is 0 Å². The first kappa shape index (κ1) is 14.8. The van der Waals surface area contributed by atoms with Crippen LogP contribution < -0.4 is 4.74 Å². The number of nitrogens with zero attached hydrogens (tertiary/aromatic N) is 3. The smallest absolute Gasteiger partial charge is 0.218 e. The van der Waals surface area contributed by atoms with Crippen molar-refractivity contribution in [3.8, 4) is 22.9 Å². The number of hydrogen-bond acceptors (Lipinski definition) is 2. The van der Waals surface area contributed by atoms with Gasteiger partial charge in [-0.2, -0.15) is 5.10 Å². The lowest BCUT2D eigenvalue weighted by Crippen LogP contribution is -1.99. The van der Waals surface area contributed by atoms with E-state index in [1.807, 2.05) is 25.1 Å². The molecule has 5 heteroatoms. The summed E-state index contributed by atoms with van der Waals surface area (Å²) >= 11 is 0. The van der Waals surface area contributed by atoms with E-state index in [0.717, 1.165) is 11.3 Å². The fourth-order valence-corrected chi connectivity index (χ4v) is 2.21. The van der Waals surface area contributed by atoms with Gasteiger partial charge < -0.3 is 4.74 Å². The molecule has 0 saturated heterocycles. The molecule has 1 aromatic heterocycles. The Morgan fingerprint density at radius 3 is 2.65 bits per heavy atom. The third kappa shape index (κ3) is 3.22. The highest BCUT2D eigenvalue weighted by molar-refractivity contribution is 5.66. The van der Waals surface area contributed by atoms with E-state index in [1.165, 1.54) is 12.1 Å². The summed E-state index contributed by atoms with van der Waals surface area (Å²) < 4.78 is 20.5. The number of rotatable bonds is 4. The Bertz CT molecular complexity index is 863. The maximum Gasteiger partial charge on any atom is 0.218 e. The minimum absolute atomic E-state index is 0.307. The average molecular weight is 307 g/mol. The summed E-state index contributed by atoms with van der Waals surface area (Å²) in [5.41, 5.74) is 2.15. The van der Waals surface area contributed by atoms with Gasteiger partial charge in [-0.1, -0.05) is 18.2 Å². The Hall–Kier alpha value is -3.13. The van der Waals surface area contributed by atoms with Crippen LogP contribution in [-0.4, -0.2) is 9.78 Å². The Labute approximate surface area is 133 Å². The number of benzene rings is 2. The Kier molecular flexibility index (Phi) is 4.07. The van der Waals surface area contributed by atoms with Gasteiger partial charge in [0.2, 0.25) is 5.88 Å². The van der Waals surface area contributed by atoms with Gasteiger partial charge in [-0.25, -0.2) is 13.9 Å². The lowest BCUT2D eigenvalue weighted by molar-refractivity contribution is 0.416. The second kappa shape index (κ2) is 6.32. The Balaban J connectivity index is 1.94. The zero-order valence-electron chi connectivity index (χ0n) is 12.5. The lowest BCUT2D eigenvalue weighted by atomic mass is 10.1. The van der Waals surface area contributed by atoms with Gasteiger partial charge >= 0.3 is 0 Å². The molecule has 0 spiro atoms. The summed E-state index contributed by atoms with van der Waals surface area (Å²) in [6.07, 6.45) is 0. The fourth-order valence-electron chi connectivity index (χ4n) is 2.21. The maximum atomic E-state index is 13.0. The molecule has 2 aromatic carbocycles. The monoisotopic (exact) mass is 307 g/mol. The van der Waals surface area contributed by atoms with Crippen LogP contribution in [0, 0.1) is 12.4 Å². The third-order valence-electron chi connectivity index (χ3n) is 3.35. The van der Waals surface area contributed by atoms with Crippen molar-refractivity contribution in [2.24, 2.45) is 0 Å². The topological polar surface area (TPSA) is 31.4 Å². The van der Waals surface area contributed by atoms with E-state index in [9.17, 15) is 4.39 Å². The van der Waals surface area contributed by atoms with Crippen molar-refractivity contribution in [1.82, 2.24) is 9.78 Å². The average Bonchev–Trinajstić information content (AvgIpc) is 3.00. The zero-order valence-corrected chi connectivity index (χ0v) is 12.5. The maximum absolute atomic E-state index is 13.0. The predicted octanol–water partition coefficient (Wildman–Crippen LogP) is 5.05. The summed E-state index contributed by atoms with van der Waals surface area (Å²) in [5, 5.41) is 4.50. The third-order valence-corrected chi connectivity index (χ3v) is 3.35. The molecule has 0 saturated carbocycles. The number of hydrogen-bond donors (Lipinski definition) is 0. The molecule has 0 fully saturated rings. The van der Waals surface area contributed by atoms with Gasteiger partial charge in [0.25, 0.3) is 0 Å². The van der Waals surface area contributed by atoms with Crippen LogP contribution in [-0.2, 0) is 6.54 Å². The molecule has 4 nitrogen and oxygen atoms in total. The largest absolute Gasteiger partial charge is 0.439 e. The van der Waals surface area contributed by atoms with E-state index in [2.05, 4.69) is 9.94 Å². The lowest BCUT2D eigenvalue weighted by Gasteiger charge is -2.06. The number of aryl methyl sites for hydroxylation is 1. The van der Waals surface area contributed by atoms with E-state index in [-0.39, 0.29) is 5.82 Å². The normalized spacial score (nSPS) is 10.3. The molecule has 0 aliphatic heterocycles. The minimum atomic E-state index is -0.307. The van der Waals surface area contributed by atoms with Gasteiger partial charge in [0.1, 0.15) is 11.6 Å². The first-order chi connectivity index (χ1) is 11.2. The molecule has 3 rings (SSSR count). The summed E-state index contributed by atoms with van der Waals surface area (Å²) in [7, 11) is 0. The van der Waals surface area contributed by atoms with Crippen LogP contribution >= 0.6 is 0 Å². The highest BCUT2D eigenvalue weighted by Crippen LogP contribution is 2.29. The van der Waals surface area contributed by atoms with Crippen LogP contribution in [0.2, 0.25) is 0 Å². The zero-order chi connectivity index (χ0) is 16.2. The SMILES string of the molecule is [C-]#[N+]c1cccc(-c2cc(Oc3ccc(F)cc3)n(CC)n2)c1. The molecule has 1 heterocycles. The van der Waals surface area contributed by atoms with Gasteiger partial charge in [-0.3, -0.25) is 0 Å². The first-order valence-electron chi connectivity index (χ1n) is 7.19. The highest BCUT2D eigenvalue weighted by Gasteiger charge is 2.11. The second-order valence-electron chi connectivity index (χ2n) is 4.90. The molecule has 0 radical (unpaired) electrons. The van der Waals surface area contributed by atoms with Crippen molar-refractivity contribution in [1.29, 1.82) is 0 Å². The molecular weight excluding hydrogens is 293 g/mol. The predicted molar refractivity (Wildman–Crippen MR) is 86.1 cm³/mol. The summed E-state index contributed by atoms with van der Waals surface area (Å²) in [6, 6.07) is 14.9. The van der Waals surface area contributed by atoms with Crippen molar-refractivity contribution >= 4 is 5.69 Å². The molecular formula is C18H14FN3O. The fraction of sp³-hybridized carbons (Fsp3) is 0.111. The Morgan fingerprint density at radius 2 is 1.96 bits per heavy atom. The minimum Gasteiger partial charge on any atom is -0.439 e. The van der Waals surface area contributed by atoms with Crippen molar-refractivity contribution < 1.29 is 9.13 Å². The molecule has 3 aromatic rings. The van der Waals surface area contributed by atoms with Gasteiger partial charge in [0.15, 0.2) is 5.69 Å². The van der Waals surface area contributed by atoms with Crippen LogP contribution in [0.4, 0.5) is 10.1 Å². The van der Waals surface area contributed by atoms with Gasteiger partial charge in [0, 0.05) is 12.6 Å². The number of halogens is 1. The molecule has 0 aliphatic rings. The van der Waals surface area contributed by atoms with Crippen molar-refractivity contribution in [3.63, 3.8) is 0 Å². The van der Waals surface area contributed by atoms with Crippen molar-refractivity contribution in [3.05, 3.63) is 71.8 Å². The summed E-state index contributed by atoms with van der Waals surface area (Å²) in [5.74, 6) is 0.808. The summed E-state index contributed by atoms with van der Waals surface area (Å²) in [6.45, 7) is 9.70.